The fourth-order valence-electron chi connectivity index (χ4n) is 2.72. The highest BCUT2D eigenvalue weighted by Crippen LogP contribution is 2.20. The molecule has 1 aromatic carbocycles. The first-order valence-corrected chi connectivity index (χ1v) is 7.14. The number of amides is 1. The Hall–Kier alpha value is -1.53. The molecule has 0 radical (unpaired) electrons. The molecule has 1 aliphatic heterocycles. The van der Waals surface area contributed by atoms with E-state index in [4.69, 9.17) is 0 Å². The minimum atomic E-state index is -0.797. The van der Waals surface area contributed by atoms with E-state index in [2.05, 4.69) is 5.32 Å². The Morgan fingerprint density at radius 3 is 2.90 bits per heavy atom. The van der Waals surface area contributed by atoms with E-state index in [0.29, 0.717) is 0 Å². The third-order valence-electron chi connectivity index (χ3n) is 3.77. The summed E-state index contributed by atoms with van der Waals surface area (Å²) in [4.78, 5) is 13.9. The van der Waals surface area contributed by atoms with Crippen LogP contribution in [0.5, 0.6) is 0 Å². The molecule has 0 bridgehead atoms. The van der Waals surface area contributed by atoms with Crippen molar-refractivity contribution in [2.24, 2.45) is 0 Å². The van der Waals surface area contributed by atoms with Crippen molar-refractivity contribution < 1.29 is 18.7 Å². The van der Waals surface area contributed by atoms with Crippen LogP contribution in [0.3, 0.4) is 0 Å². The lowest BCUT2D eigenvalue weighted by Crippen LogP contribution is -2.48. The van der Waals surface area contributed by atoms with Crippen LogP contribution >= 0.6 is 0 Å². The summed E-state index contributed by atoms with van der Waals surface area (Å²) in [6.07, 6.45) is 2.33. The zero-order valence-corrected chi connectivity index (χ0v) is 12.0. The van der Waals surface area contributed by atoms with Gasteiger partial charge < -0.3 is 10.4 Å². The average molecular weight is 298 g/mol. The van der Waals surface area contributed by atoms with Crippen molar-refractivity contribution in [2.45, 2.75) is 38.3 Å². The summed E-state index contributed by atoms with van der Waals surface area (Å²) in [5.41, 5.74) is -0.0352. The lowest BCUT2D eigenvalue weighted by atomic mass is 9.98. The molecule has 0 aliphatic carbocycles. The van der Waals surface area contributed by atoms with Gasteiger partial charge in [0, 0.05) is 12.1 Å². The number of hydrogen-bond acceptors (Lipinski definition) is 3. The predicted molar refractivity (Wildman–Crippen MR) is 75.9 cm³/mol. The standard InChI is InChI=1S/C15H20F2N2O2/c1-10(20)14-4-2-3-7-19(14)9-15(21)18-13-6-5-11(16)8-12(13)17/h5-6,8,10,14,20H,2-4,7,9H2,1H3,(H,18,21). The Morgan fingerprint density at radius 2 is 2.24 bits per heavy atom. The second-order valence-corrected chi connectivity index (χ2v) is 5.45. The van der Waals surface area contributed by atoms with Crippen LogP contribution < -0.4 is 5.32 Å². The Morgan fingerprint density at radius 1 is 1.48 bits per heavy atom. The Balaban J connectivity index is 1.97. The molecule has 0 saturated carbocycles. The molecule has 1 aromatic rings. The largest absolute Gasteiger partial charge is 0.392 e. The number of hydrogen-bond donors (Lipinski definition) is 2. The first-order chi connectivity index (χ1) is 9.97. The van der Waals surface area contributed by atoms with E-state index < -0.39 is 17.7 Å². The predicted octanol–water partition coefficient (Wildman–Crippen LogP) is 2.14. The van der Waals surface area contributed by atoms with Crippen molar-refractivity contribution in [3.63, 3.8) is 0 Å². The van der Waals surface area contributed by atoms with E-state index in [1.54, 1.807) is 6.92 Å². The van der Waals surface area contributed by atoms with E-state index in [1.807, 2.05) is 4.90 Å². The van der Waals surface area contributed by atoms with Gasteiger partial charge in [-0.1, -0.05) is 6.42 Å². The van der Waals surface area contributed by atoms with Crippen molar-refractivity contribution in [3.8, 4) is 0 Å². The number of aliphatic hydroxyl groups is 1. The maximum atomic E-state index is 13.5. The summed E-state index contributed by atoms with van der Waals surface area (Å²) in [5, 5.41) is 12.2. The number of nitrogens with one attached hydrogen (secondary N) is 1. The van der Waals surface area contributed by atoms with Crippen LogP contribution in [0, 0.1) is 11.6 Å². The van der Waals surface area contributed by atoms with E-state index in [0.717, 1.165) is 37.9 Å². The minimum Gasteiger partial charge on any atom is -0.392 e. The molecule has 2 atom stereocenters. The topological polar surface area (TPSA) is 52.6 Å². The molecule has 2 unspecified atom stereocenters. The zero-order valence-electron chi connectivity index (χ0n) is 12.0. The third kappa shape index (κ3) is 4.22. The van der Waals surface area contributed by atoms with E-state index in [9.17, 15) is 18.7 Å². The van der Waals surface area contributed by atoms with E-state index in [-0.39, 0.29) is 24.2 Å². The van der Waals surface area contributed by atoms with Gasteiger partial charge in [-0.15, -0.1) is 0 Å². The molecule has 2 N–H and O–H groups in total. The lowest BCUT2D eigenvalue weighted by molar-refractivity contribution is -0.118. The van der Waals surface area contributed by atoms with Crippen LogP contribution in [0.2, 0.25) is 0 Å². The van der Waals surface area contributed by atoms with Gasteiger partial charge in [-0.3, -0.25) is 9.69 Å². The summed E-state index contributed by atoms with van der Waals surface area (Å²) >= 11 is 0. The fraction of sp³-hybridized carbons (Fsp3) is 0.533. The van der Waals surface area contributed by atoms with Crippen LogP contribution in [0.15, 0.2) is 18.2 Å². The fourth-order valence-corrected chi connectivity index (χ4v) is 2.72. The second kappa shape index (κ2) is 6.95. The SMILES string of the molecule is CC(O)C1CCCCN1CC(=O)Nc1ccc(F)cc1F. The number of aliphatic hydroxyl groups excluding tert-OH is 1. The number of carbonyl (C=O) groups is 1. The summed E-state index contributed by atoms with van der Waals surface area (Å²) in [5.74, 6) is -1.85. The molecule has 1 amide bonds. The van der Waals surface area contributed by atoms with Crippen LogP contribution in [-0.4, -0.2) is 41.1 Å². The highest BCUT2D eigenvalue weighted by molar-refractivity contribution is 5.92. The van der Waals surface area contributed by atoms with Crippen molar-refractivity contribution in [1.29, 1.82) is 0 Å². The minimum absolute atomic E-state index is 0.0352. The Labute approximate surface area is 122 Å². The molecular weight excluding hydrogens is 278 g/mol. The van der Waals surface area contributed by atoms with E-state index >= 15 is 0 Å². The molecular formula is C15H20F2N2O2. The molecule has 6 heteroatoms. The van der Waals surface area contributed by atoms with Gasteiger partial charge in [-0.2, -0.15) is 0 Å². The molecule has 2 rings (SSSR count). The Kier molecular flexibility index (Phi) is 5.25. The van der Waals surface area contributed by atoms with Gasteiger partial charge in [0.05, 0.1) is 18.3 Å². The number of piperidine rings is 1. The first kappa shape index (κ1) is 15.9. The normalized spacial score (nSPS) is 21.0. The molecule has 116 valence electrons. The van der Waals surface area contributed by atoms with Gasteiger partial charge in [0.2, 0.25) is 5.91 Å². The quantitative estimate of drug-likeness (QED) is 0.895. The molecule has 1 aliphatic rings. The maximum absolute atomic E-state index is 13.5. The van der Waals surface area contributed by atoms with Gasteiger partial charge in [0.25, 0.3) is 0 Å². The van der Waals surface area contributed by atoms with E-state index in [1.165, 1.54) is 6.07 Å². The molecule has 4 nitrogen and oxygen atoms in total. The molecule has 21 heavy (non-hydrogen) atoms. The average Bonchev–Trinajstić information content (AvgIpc) is 2.42. The number of benzene rings is 1. The smallest absolute Gasteiger partial charge is 0.238 e. The highest BCUT2D eigenvalue weighted by atomic mass is 19.1. The summed E-state index contributed by atoms with van der Waals surface area (Å²) in [7, 11) is 0. The van der Waals surface area contributed by atoms with Gasteiger partial charge in [0.1, 0.15) is 11.6 Å². The highest BCUT2D eigenvalue weighted by Gasteiger charge is 2.27. The van der Waals surface area contributed by atoms with Crippen molar-refractivity contribution >= 4 is 11.6 Å². The van der Waals surface area contributed by atoms with Crippen LogP contribution in [-0.2, 0) is 4.79 Å². The van der Waals surface area contributed by atoms with Gasteiger partial charge in [-0.05, 0) is 38.4 Å². The van der Waals surface area contributed by atoms with Crippen LogP contribution in [0.25, 0.3) is 0 Å². The zero-order chi connectivity index (χ0) is 15.4. The number of halogens is 2. The molecule has 0 aromatic heterocycles. The third-order valence-corrected chi connectivity index (χ3v) is 3.77. The number of rotatable bonds is 4. The molecule has 0 spiro atoms. The first-order valence-electron chi connectivity index (χ1n) is 7.14. The monoisotopic (exact) mass is 298 g/mol. The summed E-state index contributed by atoms with van der Waals surface area (Å²) < 4.78 is 26.3. The van der Waals surface area contributed by atoms with Crippen molar-refractivity contribution in [1.82, 2.24) is 4.90 Å². The second-order valence-electron chi connectivity index (χ2n) is 5.45. The number of anilines is 1. The summed E-state index contributed by atoms with van der Waals surface area (Å²) in [6.45, 7) is 2.53. The molecule has 1 heterocycles. The maximum Gasteiger partial charge on any atom is 0.238 e. The molecule has 1 fully saturated rings. The summed E-state index contributed by atoms with van der Waals surface area (Å²) in [6, 6.07) is 2.97. The van der Waals surface area contributed by atoms with Crippen LogP contribution in [0.4, 0.5) is 14.5 Å². The van der Waals surface area contributed by atoms with Crippen LogP contribution in [0.1, 0.15) is 26.2 Å². The number of likely N-dealkylation sites (tertiary alicyclic amines) is 1. The van der Waals surface area contributed by atoms with Gasteiger partial charge in [0.15, 0.2) is 0 Å². The number of nitrogens with zero attached hydrogens (tertiary/aromatic N) is 1. The number of carbonyl (C=O) groups excluding carboxylic acids is 1. The Bertz CT molecular complexity index is 508. The van der Waals surface area contributed by atoms with Crippen molar-refractivity contribution in [3.05, 3.63) is 29.8 Å². The van der Waals surface area contributed by atoms with Gasteiger partial charge >= 0.3 is 0 Å². The molecule has 1 saturated heterocycles. The van der Waals surface area contributed by atoms with Gasteiger partial charge in [-0.25, -0.2) is 8.78 Å². The van der Waals surface area contributed by atoms with Crippen molar-refractivity contribution in [2.75, 3.05) is 18.4 Å². The lowest BCUT2D eigenvalue weighted by Gasteiger charge is -2.36.